The third kappa shape index (κ3) is 2.99. The van der Waals surface area contributed by atoms with Crippen LogP contribution in [-0.4, -0.2) is 29.8 Å². The van der Waals surface area contributed by atoms with Gasteiger partial charge in [0.25, 0.3) is 0 Å². The van der Waals surface area contributed by atoms with Crippen LogP contribution in [0.25, 0.3) is 0 Å². The molecular weight excluding hydrogens is 208 g/mol. The highest BCUT2D eigenvalue weighted by Crippen LogP contribution is 2.22. The average Bonchev–Trinajstić information content (AvgIpc) is 2.51. The van der Waals surface area contributed by atoms with Crippen LogP contribution < -0.4 is 4.90 Å². The van der Waals surface area contributed by atoms with E-state index in [4.69, 9.17) is 16.7 Å². The van der Waals surface area contributed by atoms with Gasteiger partial charge in [-0.3, -0.25) is 0 Å². The van der Waals surface area contributed by atoms with Crippen molar-refractivity contribution >= 4 is 28.1 Å². The second kappa shape index (κ2) is 5.21. The predicted molar refractivity (Wildman–Crippen MR) is 56.6 cm³/mol. The van der Waals surface area contributed by atoms with Crippen LogP contribution >= 0.6 is 22.9 Å². The zero-order chi connectivity index (χ0) is 9.68. The van der Waals surface area contributed by atoms with E-state index in [0.717, 1.165) is 5.13 Å². The van der Waals surface area contributed by atoms with E-state index in [-0.39, 0.29) is 6.61 Å². The van der Waals surface area contributed by atoms with Gasteiger partial charge in [0.05, 0.1) is 6.61 Å². The predicted octanol–water partition coefficient (Wildman–Crippen LogP) is 1.78. The Bertz CT molecular complexity index is 277. The monoisotopic (exact) mass is 218 g/mol. The fraction of sp³-hybridized carbons (Fsp3) is 0.375. The summed E-state index contributed by atoms with van der Waals surface area (Å²) in [7, 11) is 0. The van der Waals surface area contributed by atoms with Crippen molar-refractivity contribution in [2.45, 2.75) is 0 Å². The standard InChI is InChI=1S/C8H11ClN2OS/c1-2-3-11(4-5-12)8-10-7(9)6-13-8/h2,6,12H,1,3-5H2. The maximum Gasteiger partial charge on any atom is 0.187 e. The molecule has 0 aliphatic carbocycles. The summed E-state index contributed by atoms with van der Waals surface area (Å²) in [5, 5.41) is 11.9. The van der Waals surface area contributed by atoms with Gasteiger partial charge in [-0.15, -0.1) is 17.9 Å². The van der Waals surface area contributed by atoms with Gasteiger partial charge in [-0.25, -0.2) is 4.98 Å². The summed E-state index contributed by atoms with van der Waals surface area (Å²) < 4.78 is 0. The second-order valence-corrected chi connectivity index (χ2v) is 3.63. The third-order valence-electron chi connectivity index (χ3n) is 1.45. The molecule has 0 saturated carbocycles. The van der Waals surface area contributed by atoms with Gasteiger partial charge in [0.15, 0.2) is 5.13 Å². The fourth-order valence-electron chi connectivity index (χ4n) is 0.932. The molecule has 0 aliphatic heterocycles. The van der Waals surface area contributed by atoms with Gasteiger partial charge in [0.1, 0.15) is 5.15 Å². The highest BCUT2D eigenvalue weighted by molar-refractivity contribution is 7.14. The molecule has 0 amide bonds. The van der Waals surface area contributed by atoms with E-state index < -0.39 is 0 Å². The summed E-state index contributed by atoms with van der Waals surface area (Å²) in [6.07, 6.45) is 1.77. The number of aliphatic hydroxyl groups is 1. The number of thiazole rings is 1. The van der Waals surface area contributed by atoms with Crippen molar-refractivity contribution in [1.29, 1.82) is 0 Å². The van der Waals surface area contributed by atoms with E-state index >= 15 is 0 Å². The largest absolute Gasteiger partial charge is 0.395 e. The van der Waals surface area contributed by atoms with E-state index in [9.17, 15) is 0 Å². The van der Waals surface area contributed by atoms with E-state index in [2.05, 4.69) is 11.6 Å². The van der Waals surface area contributed by atoms with Crippen LogP contribution in [0.3, 0.4) is 0 Å². The molecule has 0 aliphatic rings. The Kier molecular flexibility index (Phi) is 4.21. The van der Waals surface area contributed by atoms with Gasteiger partial charge in [-0.1, -0.05) is 17.7 Å². The van der Waals surface area contributed by atoms with E-state index in [0.29, 0.717) is 18.2 Å². The lowest BCUT2D eigenvalue weighted by Gasteiger charge is -2.17. The van der Waals surface area contributed by atoms with Gasteiger partial charge >= 0.3 is 0 Å². The highest BCUT2D eigenvalue weighted by atomic mass is 35.5. The van der Waals surface area contributed by atoms with Crippen molar-refractivity contribution in [3.63, 3.8) is 0 Å². The van der Waals surface area contributed by atoms with Crippen LogP contribution in [0, 0.1) is 0 Å². The van der Waals surface area contributed by atoms with Gasteiger partial charge in [0.2, 0.25) is 0 Å². The summed E-state index contributed by atoms with van der Waals surface area (Å²) in [4.78, 5) is 6.02. The molecule has 0 aromatic carbocycles. The molecular formula is C8H11ClN2OS. The van der Waals surface area contributed by atoms with Crippen molar-refractivity contribution in [3.05, 3.63) is 23.2 Å². The molecule has 3 nitrogen and oxygen atoms in total. The lowest BCUT2D eigenvalue weighted by Crippen LogP contribution is -2.26. The fourth-order valence-corrected chi connectivity index (χ4v) is 1.92. The van der Waals surface area contributed by atoms with Crippen LogP contribution in [-0.2, 0) is 0 Å². The van der Waals surface area contributed by atoms with Crippen molar-refractivity contribution in [3.8, 4) is 0 Å². The van der Waals surface area contributed by atoms with Crippen LogP contribution in [0.15, 0.2) is 18.0 Å². The van der Waals surface area contributed by atoms with Crippen LogP contribution in [0.1, 0.15) is 0 Å². The number of aliphatic hydroxyl groups excluding tert-OH is 1. The Labute approximate surface area is 86.3 Å². The van der Waals surface area contributed by atoms with E-state index in [1.54, 1.807) is 11.5 Å². The number of hydrogen-bond donors (Lipinski definition) is 1. The Morgan fingerprint density at radius 1 is 1.77 bits per heavy atom. The smallest absolute Gasteiger partial charge is 0.187 e. The van der Waals surface area contributed by atoms with Crippen molar-refractivity contribution in [2.24, 2.45) is 0 Å². The molecule has 0 atom stereocenters. The lowest BCUT2D eigenvalue weighted by atomic mass is 10.5. The molecule has 0 bridgehead atoms. The minimum Gasteiger partial charge on any atom is -0.395 e. The second-order valence-electron chi connectivity index (χ2n) is 2.41. The topological polar surface area (TPSA) is 36.4 Å². The van der Waals surface area contributed by atoms with E-state index in [1.807, 2.05) is 4.90 Å². The molecule has 1 heterocycles. The molecule has 0 fully saturated rings. The van der Waals surface area contributed by atoms with Gasteiger partial charge < -0.3 is 10.0 Å². The first kappa shape index (κ1) is 10.5. The van der Waals surface area contributed by atoms with Gasteiger partial charge in [-0.05, 0) is 0 Å². The number of aromatic nitrogens is 1. The molecule has 0 radical (unpaired) electrons. The Morgan fingerprint density at radius 2 is 2.54 bits per heavy atom. The number of nitrogens with zero attached hydrogens (tertiary/aromatic N) is 2. The van der Waals surface area contributed by atoms with Crippen LogP contribution in [0.2, 0.25) is 5.15 Å². The zero-order valence-electron chi connectivity index (χ0n) is 7.11. The zero-order valence-corrected chi connectivity index (χ0v) is 8.68. The van der Waals surface area contributed by atoms with Crippen LogP contribution in [0.5, 0.6) is 0 Å². The number of halogens is 1. The summed E-state index contributed by atoms with van der Waals surface area (Å²) in [5.74, 6) is 0. The highest BCUT2D eigenvalue weighted by Gasteiger charge is 2.07. The number of rotatable bonds is 5. The maximum atomic E-state index is 8.80. The summed E-state index contributed by atoms with van der Waals surface area (Å²) in [6, 6.07) is 0. The maximum absolute atomic E-state index is 8.80. The average molecular weight is 219 g/mol. The molecule has 1 aromatic rings. The van der Waals surface area contributed by atoms with Gasteiger partial charge in [-0.2, -0.15) is 0 Å². The minimum atomic E-state index is 0.102. The summed E-state index contributed by atoms with van der Waals surface area (Å²) in [5.41, 5.74) is 0. The van der Waals surface area contributed by atoms with Crippen molar-refractivity contribution < 1.29 is 5.11 Å². The van der Waals surface area contributed by atoms with Crippen molar-refractivity contribution in [2.75, 3.05) is 24.6 Å². The number of anilines is 1. The van der Waals surface area contributed by atoms with Crippen molar-refractivity contribution in [1.82, 2.24) is 4.98 Å². The molecule has 1 rings (SSSR count). The molecule has 72 valence electrons. The Hall–Kier alpha value is -0.580. The first-order valence-corrected chi connectivity index (χ1v) is 5.11. The first-order chi connectivity index (χ1) is 6.27. The summed E-state index contributed by atoms with van der Waals surface area (Å²) >= 11 is 7.15. The Balaban J connectivity index is 2.68. The van der Waals surface area contributed by atoms with E-state index in [1.165, 1.54) is 11.3 Å². The lowest BCUT2D eigenvalue weighted by molar-refractivity contribution is 0.303. The molecule has 0 saturated heterocycles. The SMILES string of the molecule is C=CCN(CCO)c1nc(Cl)cs1. The van der Waals surface area contributed by atoms with Gasteiger partial charge in [0, 0.05) is 18.5 Å². The molecule has 1 N–H and O–H groups in total. The molecule has 0 spiro atoms. The molecule has 0 unspecified atom stereocenters. The molecule has 5 heteroatoms. The normalized spacial score (nSPS) is 10.0. The molecule has 1 aromatic heterocycles. The Morgan fingerprint density at radius 3 is 3.00 bits per heavy atom. The third-order valence-corrected chi connectivity index (χ3v) is 2.68. The summed E-state index contributed by atoms with van der Waals surface area (Å²) in [6.45, 7) is 4.96. The molecule has 13 heavy (non-hydrogen) atoms. The quantitative estimate of drug-likeness (QED) is 0.766. The first-order valence-electron chi connectivity index (χ1n) is 3.85. The minimum absolute atomic E-state index is 0.102. The number of hydrogen-bond acceptors (Lipinski definition) is 4. The van der Waals surface area contributed by atoms with Crippen LogP contribution in [0.4, 0.5) is 5.13 Å².